The van der Waals surface area contributed by atoms with E-state index in [2.05, 4.69) is 15.1 Å². The van der Waals surface area contributed by atoms with Crippen LogP contribution in [0.25, 0.3) is 22.8 Å². The molecule has 2 aromatic heterocycles. The fraction of sp³-hybridized carbons (Fsp3) is 0.200. The van der Waals surface area contributed by atoms with Crippen LogP contribution in [-0.2, 0) is 4.79 Å². The first-order chi connectivity index (χ1) is 15.8. The van der Waals surface area contributed by atoms with Crippen LogP contribution in [0.4, 0.5) is 0 Å². The van der Waals surface area contributed by atoms with Crippen LogP contribution in [-0.4, -0.2) is 43.6 Å². The van der Waals surface area contributed by atoms with Gasteiger partial charge in [-0.05, 0) is 55.2 Å². The summed E-state index contributed by atoms with van der Waals surface area (Å²) in [6.45, 7) is 1.52. The molecule has 2 aromatic carbocycles. The Labute approximate surface area is 186 Å². The summed E-state index contributed by atoms with van der Waals surface area (Å²) in [4.78, 5) is 23.8. The predicted molar refractivity (Wildman–Crippen MR) is 123 cm³/mol. The van der Waals surface area contributed by atoms with Crippen LogP contribution in [0.15, 0.2) is 73.3 Å². The molecule has 7 nitrogen and oxygen atoms in total. The lowest BCUT2D eigenvalue weighted by Gasteiger charge is -2.27. The molecule has 32 heavy (non-hydrogen) atoms. The molecule has 1 saturated heterocycles. The quantitative estimate of drug-likeness (QED) is 0.436. The third-order valence-electron chi connectivity index (χ3n) is 5.48. The minimum Gasteiger partial charge on any atom is -0.457 e. The third kappa shape index (κ3) is 4.23. The number of fused-ring (bicyclic) bond motifs is 1. The Morgan fingerprint density at radius 2 is 1.66 bits per heavy atom. The lowest BCUT2D eigenvalue weighted by Crippen LogP contribution is -2.37. The molecule has 0 bridgehead atoms. The van der Waals surface area contributed by atoms with Gasteiger partial charge in [-0.25, -0.2) is 14.6 Å². The van der Waals surface area contributed by atoms with Gasteiger partial charge in [0, 0.05) is 19.3 Å². The minimum absolute atomic E-state index is 0.0436. The van der Waals surface area contributed by atoms with Gasteiger partial charge in [0.1, 0.15) is 23.5 Å². The molecule has 0 radical (unpaired) electrons. The topological polar surface area (TPSA) is 73.1 Å². The van der Waals surface area contributed by atoms with Gasteiger partial charge in [-0.1, -0.05) is 30.3 Å². The summed E-state index contributed by atoms with van der Waals surface area (Å²) in [5.41, 5.74) is 1.96. The van der Waals surface area contributed by atoms with Crippen molar-refractivity contribution in [3.05, 3.63) is 78.9 Å². The Balaban J connectivity index is 1.49. The molecule has 0 atom stereocenters. The summed E-state index contributed by atoms with van der Waals surface area (Å²) < 4.78 is 7.49. The molecule has 0 spiro atoms. The summed E-state index contributed by atoms with van der Waals surface area (Å²) in [5.74, 6) is 1.46. The first-order valence-corrected chi connectivity index (χ1v) is 10.8. The Bertz CT molecular complexity index is 1240. The number of piperidine rings is 1. The number of amides is 1. The molecule has 3 heterocycles. The molecule has 5 rings (SSSR count). The van der Waals surface area contributed by atoms with E-state index in [0.29, 0.717) is 11.3 Å². The zero-order valence-electron chi connectivity index (χ0n) is 17.6. The molecule has 1 aliphatic heterocycles. The largest absolute Gasteiger partial charge is 0.457 e. The highest BCUT2D eigenvalue weighted by Crippen LogP contribution is 2.24. The normalized spacial score (nSPS) is 14.5. The molecule has 160 valence electrons. The average molecular weight is 425 g/mol. The molecule has 1 amide bonds. The highest BCUT2D eigenvalue weighted by Gasteiger charge is 2.23. The number of hydrogen-bond donors (Lipinski definition) is 0. The standard InChI is InChI=1S/C25H23N5O2/c31-25(29-13-5-2-6-14-29)23(30-24-20(17-28-30)16-26-18-27-24)15-19-9-11-22(12-10-19)32-21-7-3-1-4-8-21/h1,3-4,7-12,15-18H,2,5-6,13-14H2. The van der Waals surface area contributed by atoms with Gasteiger partial charge in [-0.15, -0.1) is 0 Å². The highest BCUT2D eigenvalue weighted by atomic mass is 16.5. The van der Waals surface area contributed by atoms with E-state index in [1.807, 2.05) is 65.6 Å². The summed E-state index contributed by atoms with van der Waals surface area (Å²) >= 11 is 0. The van der Waals surface area contributed by atoms with E-state index < -0.39 is 0 Å². The zero-order chi connectivity index (χ0) is 21.8. The van der Waals surface area contributed by atoms with Gasteiger partial charge < -0.3 is 9.64 Å². The number of ether oxygens (including phenoxy) is 1. The van der Waals surface area contributed by atoms with Crippen molar-refractivity contribution < 1.29 is 9.53 Å². The monoisotopic (exact) mass is 425 g/mol. The van der Waals surface area contributed by atoms with E-state index >= 15 is 0 Å². The highest BCUT2D eigenvalue weighted by molar-refractivity contribution is 6.19. The maximum atomic E-state index is 13.5. The van der Waals surface area contributed by atoms with E-state index in [4.69, 9.17) is 4.74 Å². The lowest BCUT2D eigenvalue weighted by atomic mass is 10.1. The van der Waals surface area contributed by atoms with Gasteiger partial charge >= 0.3 is 0 Å². The van der Waals surface area contributed by atoms with Gasteiger partial charge in [0.15, 0.2) is 5.65 Å². The lowest BCUT2D eigenvalue weighted by molar-refractivity contribution is -0.126. The summed E-state index contributed by atoms with van der Waals surface area (Å²) in [7, 11) is 0. The van der Waals surface area contributed by atoms with E-state index in [0.717, 1.165) is 54.8 Å². The molecule has 4 aromatic rings. The molecular weight excluding hydrogens is 402 g/mol. The Morgan fingerprint density at radius 1 is 0.906 bits per heavy atom. The van der Waals surface area contributed by atoms with Crippen LogP contribution in [0, 0.1) is 0 Å². The van der Waals surface area contributed by atoms with Crippen molar-refractivity contribution >= 4 is 28.7 Å². The van der Waals surface area contributed by atoms with Crippen molar-refractivity contribution in [2.24, 2.45) is 0 Å². The second-order valence-corrected chi connectivity index (χ2v) is 7.72. The number of likely N-dealkylation sites (tertiary alicyclic amines) is 1. The maximum absolute atomic E-state index is 13.5. The van der Waals surface area contributed by atoms with E-state index in [-0.39, 0.29) is 5.91 Å². The minimum atomic E-state index is -0.0436. The van der Waals surface area contributed by atoms with Gasteiger partial charge in [0.2, 0.25) is 0 Å². The third-order valence-corrected chi connectivity index (χ3v) is 5.48. The Hall–Kier alpha value is -4.00. The number of benzene rings is 2. The number of rotatable bonds is 5. The van der Waals surface area contributed by atoms with E-state index in [9.17, 15) is 4.79 Å². The van der Waals surface area contributed by atoms with Crippen LogP contribution in [0.2, 0.25) is 0 Å². The Kier molecular flexibility index (Phi) is 5.61. The van der Waals surface area contributed by atoms with E-state index in [1.165, 1.54) is 6.33 Å². The smallest absolute Gasteiger partial charge is 0.272 e. The van der Waals surface area contributed by atoms with Crippen LogP contribution >= 0.6 is 0 Å². The van der Waals surface area contributed by atoms with Crippen molar-refractivity contribution in [1.29, 1.82) is 0 Å². The van der Waals surface area contributed by atoms with Crippen LogP contribution in [0.5, 0.6) is 11.5 Å². The molecule has 0 unspecified atom stereocenters. The summed E-state index contributed by atoms with van der Waals surface area (Å²) in [6, 6.07) is 17.3. The zero-order valence-corrected chi connectivity index (χ0v) is 17.6. The number of para-hydroxylation sites is 1. The van der Waals surface area contributed by atoms with Crippen molar-refractivity contribution in [2.75, 3.05) is 13.1 Å². The maximum Gasteiger partial charge on any atom is 0.272 e. The molecule has 0 N–H and O–H groups in total. The SMILES string of the molecule is O=C(C(=Cc1ccc(Oc2ccccc2)cc1)n1ncc2cncnc21)N1CCCCC1. The molecular formula is C25H23N5O2. The summed E-state index contributed by atoms with van der Waals surface area (Å²) in [5, 5.41) is 5.24. The number of hydrogen-bond acceptors (Lipinski definition) is 5. The van der Waals surface area contributed by atoms with Crippen molar-refractivity contribution in [1.82, 2.24) is 24.6 Å². The number of carbonyl (C=O) groups is 1. The second kappa shape index (κ2) is 9.01. The molecule has 0 aliphatic carbocycles. The molecule has 7 heteroatoms. The second-order valence-electron chi connectivity index (χ2n) is 7.72. The van der Waals surface area contributed by atoms with Crippen LogP contribution in [0.1, 0.15) is 24.8 Å². The Morgan fingerprint density at radius 3 is 2.44 bits per heavy atom. The molecule has 0 saturated carbocycles. The molecule has 1 fully saturated rings. The first-order valence-electron chi connectivity index (χ1n) is 10.8. The van der Waals surface area contributed by atoms with E-state index in [1.54, 1.807) is 17.1 Å². The number of carbonyl (C=O) groups excluding carboxylic acids is 1. The predicted octanol–water partition coefficient (Wildman–Crippen LogP) is 4.63. The van der Waals surface area contributed by atoms with Crippen molar-refractivity contribution in [2.45, 2.75) is 19.3 Å². The van der Waals surface area contributed by atoms with Gasteiger partial charge in [-0.2, -0.15) is 5.10 Å². The van der Waals surface area contributed by atoms with Gasteiger partial charge in [0.05, 0.1) is 11.6 Å². The fourth-order valence-corrected chi connectivity index (χ4v) is 3.84. The van der Waals surface area contributed by atoms with Crippen LogP contribution < -0.4 is 4.74 Å². The fourth-order valence-electron chi connectivity index (χ4n) is 3.84. The average Bonchev–Trinajstić information content (AvgIpc) is 3.28. The summed E-state index contributed by atoms with van der Waals surface area (Å²) in [6.07, 6.45) is 9.91. The number of nitrogens with zero attached hydrogens (tertiary/aromatic N) is 5. The van der Waals surface area contributed by atoms with Crippen LogP contribution in [0.3, 0.4) is 0 Å². The van der Waals surface area contributed by atoms with Gasteiger partial charge in [0.25, 0.3) is 5.91 Å². The number of aromatic nitrogens is 4. The van der Waals surface area contributed by atoms with Crippen molar-refractivity contribution in [3.8, 4) is 11.5 Å². The van der Waals surface area contributed by atoms with Crippen molar-refractivity contribution in [3.63, 3.8) is 0 Å². The van der Waals surface area contributed by atoms with Gasteiger partial charge in [-0.3, -0.25) is 4.79 Å². The first kappa shape index (κ1) is 19.9. The molecule has 1 aliphatic rings.